The lowest BCUT2D eigenvalue weighted by Crippen LogP contribution is -2.32. The molecule has 146 valence electrons. The zero-order chi connectivity index (χ0) is 19.9. The minimum absolute atomic E-state index is 0.108. The molecule has 0 radical (unpaired) electrons. The molecule has 0 unspecified atom stereocenters. The summed E-state index contributed by atoms with van der Waals surface area (Å²) < 4.78 is 30.6. The molecule has 0 atom stereocenters. The smallest absolute Gasteiger partial charge is 0.232 e. The first-order valence-corrected chi connectivity index (χ1v) is 10.6. The van der Waals surface area contributed by atoms with Crippen molar-refractivity contribution >= 4 is 21.6 Å². The highest BCUT2D eigenvalue weighted by atomic mass is 32.2. The number of anilines is 1. The van der Waals surface area contributed by atoms with E-state index >= 15 is 0 Å². The van der Waals surface area contributed by atoms with Crippen LogP contribution < -0.4 is 14.4 Å². The molecule has 0 spiro atoms. The largest absolute Gasteiger partial charge is 0.497 e. The molecule has 2 rings (SSSR count). The Bertz CT molecular complexity index is 864. The van der Waals surface area contributed by atoms with Gasteiger partial charge in [-0.05, 0) is 48.7 Å². The van der Waals surface area contributed by atoms with Crippen molar-refractivity contribution in [1.29, 1.82) is 0 Å². The van der Waals surface area contributed by atoms with Gasteiger partial charge >= 0.3 is 0 Å². The standard InChI is InChI=1S/C20H26N2O4S/c1-16-6-4-7-18(14-16)22(27(3,24)25)13-5-8-20(23)21-15-17-9-11-19(26-2)12-10-17/h4,6-7,9-12,14H,5,8,13,15H2,1-3H3,(H,21,23). The molecular weight excluding hydrogens is 364 g/mol. The van der Waals surface area contributed by atoms with Crippen LogP contribution in [-0.2, 0) is 21.4 Å². The van der Waals surface area contributed by atoms with E-state index < -0.39 is 10.0 Å². The molecule has 1 amide bonds. The Hall–Kier alpha value is -2.54. The fourth-order valence-corrected chi connectivity index (χ4v) is 3.64. The Morgan fingerprint density at radius 1 is 1.15 bits per heavy atom. The van der Waals surface area contributed by atoms with Gasteiger partial charge in [0.25, 0.3) is 0 Å². The number of nitrogens with zero attached hydrogens (tertiary/aromatic N) is 1. The number of rotatable bonds is 9. The summed E-state index contributed by atoms with van der Waals surface area (Å²) in [6.45, 7) is 2.60. The lowest BCUT2D eigenvalue weighted by atomic mass is 10.2. The Balaban J connectivity index is 1.85. The molecule has 7 heteroatoms. The van der Waals surface area contributed by atoms with Crippen LogP contribution in [0.5, 0.6) is 5.75 Å². The van der Waals surface area contributed by atoms with E-state index in [0.29, 0.717) is 18.7 Å². The second-order valence-electron chi connectivity index (χ2n) is 6.40. The predicted molar refractivity (Wildman–Crippen MR) is 107 cm³/mol. The quantitative estimate of drug-likeness (QED) is 0.714. The highest BCUT2D eigenvalue weighted by Crippen LogP contribution is 2.19. The van der Waals surface area contributed by atoms with Crippen molar-refractivity contribution in [1.82, 2.24) is 5.32 Å². The summed E-state index contributed by atoms with van der Waals surface area (Å²) in [5.41, 5.74) is 2.58. The van der Waals surface area contributed by atoms with E-state index in [1.165, 1.54) is 10.6 Å². The molecule has 0 saturated heterocycles. The lowest BCUT2D eigenvalue weighted by molar-refractivity contribution is -0.121. The molecule has 0 aliphatic carbocycles. The van der Waals surface area contributed by atoms with Gasteiger partial charge in [0.2, 0.25) is 15.9 Å². The highest BCUT2D eigenvalue weighted by Gasteiger charge is 2.17. The zero-order valence-electron chi connectivity index (χ0n) is 15.9. The van der Waals surface area contributed by atoms with E-state index in [4.69, 9.17) is 4.74 Å². The Labute approximate surface area is 161 Å². The molecule has 0 saturated carbocycles. The minimum atomic E-state index is -3.40. The van der Waals surface area contributed by atoms with Crippen LogP contribution in [-0.4, -0.2) is 34.2 Å². The number of sulfonamides is 1. The van der Waals surface area contributed by atoms with E-state index in [-0.39, 0.29) is 18.9 Å². The fourth-order valence-electron chi connectivity index (χ4n) is 2.69. The molecule has 2 aromatic rings. The maximum absolute atomic E-state index is 12.1. The van der Waals surface area contributed by atoms with E-state index in [9.17, 15) is 13.2 Å². The van der Waals surface area contributed by atoms with Crippen molar-refractivity contribution in [3.63, 3.8) is 0 Å². The number of methoxy groups -OCH3 is 1. The van der Waals surface area contributed by atoms with Crippen LogP contribution in [0.3, 0.4) is 0 Å². The van der Waals surface area contributed by atoms with Gasteiger partial charge in [-0.2, -0.15) is 0 Å². The first kappa shape index (κ1) is 20.8. The number of hydrogen-bond acceptors (Lipinski definition) is 4. The minimum Gasteiger partial charge on any atom is -0.497 e. The first-order chi connectivity index (χ1) is 12.8. The van der Waals surface area contributed by atoms with E-state index in [1.807, 2.05) is 49.4 Å². The van der Waals surface area contributed by atoms with Crippen molar-refractivity contribution in [2.45, 2.75) is 26.3 Å². The number of carbonyl (C=O) groups excluding carboxylic acids is 1. The predicted octanol–water partition coefficient (Wildman–Crippen LogP) is 2.87. The SMILES string of the molecule is COc1ccc(CNC(=O)CCCN(c2cccc(C)c2)S(C)(=O)=O)cc1. The van der Waals surface area contributed by atoms with Crippen LogP contribution in [0.1, 0.15) is 24.0 Å². The molecule has 0 aliphatic heterocycles. The highest BCUT2D eigenvalue weighted by molar-refractivity contribution is 7.92. The van der Waals surface area contributed by atoms with Crippen LogP contribution >= 0.6 is 0 Å². The summed E-state index contributed by atoms with van der Waals surface area (Å²) in [5, 5.41) is 2.85. The van der Waals surface area contributed by atoms with Gasteiger partial charge in [0.05, 0.1) is 19.1 Å². The number of amides is 1. The second-order valence-corrected chi connectivity index (χ2v) is 8.31. The molecule has 0 fully saturated rings. The van der Waals surface area contributed by atoms with Gasteiger partial charge in [0.1, 0.15) is 5.75 Å². The first-order valence-electron chi connectivity index (χ1n) is 8.73. The molecule has 0 aromatic heterocycles. The summed E-state index contributed by atoms with van der Waals surface area (Å²) in [7, 11) is -1.80. The molecule has 6 nitrogen and oxygen atoms in total. The zero-order valence-corrected chi connectivity index (χ0v) is 16.8. The third-order valence-corrected chi connectivity index (χ3v) is 5.30. The van der Waals surface area contributed by atoms with Gasteiger partial charge in [-0.1, -0.05) is 24.3 Å². The number of aryl methyl sites for hydroxylation is 1. The molecule has 0 bridgehead atoms. The Morgan fingerprint density at radius 3 is 2.44 bits per heavy atom. The van der Waals surface area contributed by atoms with E-state index in [2.05, 4.69) is 5.32 Å². The van der Waals surface area contributed by atoms with Crippen LogP contribution in [0.2, 0.25) is 0 Å². The van der Waals surface area contributed by atoms with Crippen LogP contribution in [0.25, 0.3) is 0 Å². The van der Waals surface area contributed by atoms with Crippen molar-refractivity contribution in [2.24, 2.45) is 0 Å². The lowest BCUT2D eigenvalue weighted by Gasteiger charge is -2.22. The van der Waals surface area contributed by atoms with Crippen LogP contribution in [0, 0.1) is 6.92 Å². The fraction of sp³-hybridized carbons (Fsp3) is 0.350. The summed E-state index contributed by atoms with van der Waals surface area (Å²) in [4.78, 5) is 12.1. The summed E-state index contributed by atoms with van der Waals surface area (Å²) in [5.74, 6) is 0.658. The monoisotopic (exact) mass is 390 g/mol. The summed E-state index contributed by atoms with van der Waals surface area (Å²) in [6.07, 6.45) is 1.88. The Morgan fingerprint density at radius 2 is 1.85 bits per heavy atom. The molecule has 1 N–H and O–H groups in total. The van der Waals surface area contributed by atoms with Crippen LogP contribution in [0.15, 0.2) is 48.5 Å². The number of benzene rings is 2. The Kier molecular flexibility index (Phi) is 7.24. The molecule has 0 heterocycles. The number of carbonyl (C=O) groups is 1. The maximum atomic E-state index is 12.1. The van der Waals surface area contributed by atoms with Gasteiger partial charge < -0.3 is 10.1 Å². The topological polar surface area (TPSA) is 75.7 Å². The average molecular weight is 391 g/mol. The van der Waals surface area contributed by atoms with Gasteiger partial charge in [0, 0.05) is 19.5 Å². The van der Waals surface area contributed by atoms with Crippen molar-refractivity contribution < 1.29 is 17.9 Å². The normalized spacial score (nSPS) is 11.1. The van der Waals surface area contributed by atoms with E-state index in [0.717, 1.165) is 16.9 Å². The number of ether oxygens (including phenoxy) is 1. The summed E-state index contributed by atoms with van der Waals surface area (Å²) >= 11 is 0. The maximum Gasteiger partial charge on any atom is 0.232 e. The number of nitrogens with one attached hydrogen (secondary N) is 1. The van der Waals surface area contributed by atoms with Gasteiger partial charge in [-0.15, -0.1) is 0 Å². The van der Waals surface area contributed by atoms with Gasteiger partial charge in [-0.3, -0.25) is 9.10 Å². The molecule has 27 heavy (non-hydrogen) atoms. The van der Waals surface area contributed by atoms with Crippen LogP contribution in [0.4, 0.5) is 5.69 Å². The third-order valence-electron chi connectivity index (χ3n) is 4.10. The number of hydrogen-bond donors (Lipinski definition) is 1. The molecular formula is C20H26N2O4S. The van der Waals surface area contributed by atoms with Crippen molar-refractivity contribution in [3.8, 4) is 5.75 Å². The summed E-state index contributed by atoms with van der Waals surface area (Å²) in [6, 6.07) is 14.8. The third kappa shape index (κ3) is 6.60. The molecule has 0 aliphatic rings. The average Bonchev–Trinajstić information content (AvgIpc) is 2.63. The van der Waals surface area contributed by atoms with Gasteiger partial charge in [0.15, 0.2) is 0 Å². The van der Waals surface area contributed by atoms with Crippen molar-refractivity contribution in [2.75, 3.05) is 24.2 Å². The van der Waals surface area contributed by atoms with Crippen molar-refractivity contribution in [3.05, 3.63) is 59.7 Å². The molecule has 2 aromatic carbocycles. The van der Waals surface area contributed by atoms with Gasteiger partial charge in [-0.25, -0.2) is 8.42 Å². The van der Waals surface area contributed by atoms with E-state index in [1.54, 1.807) is 13.2 Å². The second kappa shape index (κ2) is 9.41.